The molecule has 33 heavy (non-hydrogen) atoms. The van der Waals surface area contributed by atoms with Gasteiger partial charge in [0.1, 0.15) is 5.82 Å². The lowest BCUT2D eigenvalue weighted by molar-refractivity contribution is 0.00645. The lowest BCUT2D eigenvalue weighted by atomic mass is 9.83. The molecule has 1 saturated carbocycles. The van der Waals surface area contributed by atoms with Gasteiger partial charge in [-0.3, -0.25) is 4.98 Å². The Morgan fingerprint density at radius 3 is 2.42 bits per heavy atom. The summed E-state index contributed by atoms with van der Waals surface area (Å²) in [7, 11) is 1.67. The number of hydrogen-bond acceptors (Lipinski definition) is 6. The van der Waals surface area contributed by atoms with E-state index in [2.05, 4.69) is 28.9 Å². The summed E-state index contributed by atoms with van der Waals surface area (Å²) in [5.74, 6) is 2.86. The summed E-state index contributed by atoms with van der Waals surface area (Å²) in [5, 5.41) is 11.4. The fourth-order valence-corrected chi connectivity index (χ4v) is 4.87. The van der Waals surface area contributed by atoms with Crippen LogP contribution in [0.3, 0.4) is 0 Å². The second kappa shape index (κ2) is 8.49. The van der Waals surface area contributed by atoms with Crippen LogP contribution in [0.4, 0.5) is 5.82 Å². The van der Waals surface area contributed by atoms with E-state index in [9.17, 15) is 5.11 Å². The predicted octanol–water partition coefficient (Wildman–Crippen LogP) is 5.14. The molecule has 0 bridgehead atoms. The maximum atomic E-state index is 10.4. The Morgan fingerprint density at radius 1 is 1.03 bits per heavy atom. The molecular weight excluding hydrogens is 414 g/mol. The van der Waals surface area contributed by atoms with Crippen molar-refractivity contribution in [3.05, 3.63) is 42.2 Å². The molecule has 1 N–H and O–H groups in total. The van der Waals surface area contributed by atoms with Gasteiger partial charge in [0.05, 0.1) is 24.3 Å². The number of nitrogens with zero attached hydrogens (tertiary/aromatic N) is 3. The van der Waals surface area contributed by atoms with Crippen molar-refractivity contribution in [3.63, 3.8) is 0 Å². The molecule has 6 nitrogen and oxygen atoms in total. The van der Waals surface area contributed by atoms with E-state index in [4.69, 9.17) is 14.5 Å². The van der Waals surface area contributed by atoms with Crippen LogP contribution in [0, 0.1) is 12.8 Å². The van der Waals surface area contributed by atoms with Crippen molar-refractivity contribution in [3.8, 4) is 22.6 Å². The number of methoxy groups -OCH3 is 1. The highest BCUT2D eigenvalue weighted by molar-refractivity contribution is 5.96. The summed E-state index contributed by atoms with van der Waals surface area (Å²) in [4.78, 5) is 11.8. The number of ether oxygens (including phenoxy) is 2. The van der Waals surface area contributed by atoms with Crippen molar-refractivity contribution in [2.45, 2.75) is 58.2 Å². The van der Waals surface area contributed by atoms with E-state index >= 15 is 0 Å². The van der Waals surface area contributed by atoms with Gasteiger partial charge in [0.2, 0.25) is 0 Å². The SMILES string of the molecule is COc1cc2nccc(-c3cnc(N4CCC(C(C)(C)O)CC4)c(C)c3)c2cc1OC1CC1. The average molecular weight is 448 g/mol. The molecule has 5 rings (SSSR count). The molecule has 0 radical (unpaired) electrons. The molecule has 0 unspecified atom stereocenters. The van der Waals surface area contributed by atoms with Crippen LogP contribution in [-0.4, -0.2) is 47.0 Å². The number of aliphatic hydroxyl groups is 1. The van der Waals surface area contributed by atoms with Crippen LogP contribution >= 0.6 is 0 Å². The molecule has 1 aliphatic heterocycles. The third-order valence-corrected chi connectivity index (χ3v) is 7.00. The first-order valence-electron chi connectivity index (χ1n) is 11.9. The van der Waals surface area contributed by atoms with Crippen molar-refractivity contribution in [2.75, 3.05) is 25.1 Å². The summed E-state index contributed by atoms with van der Waals surface area (Å²) < 4.78 is 11.7. The van der Waals surface area contributed by atoms with Crippen molar-refractivity contribution in [1.82, 2.24) is 9.97 Å². The molecule has 6 heteroatoms. The van der Waals surface area contributed by atoms with E-state index < -0.39 is 5.60 Å². The smallest absolute Gasteiger partial charge is 0.162 e. The van der Waals surface area contributed by atoms with Gasteiger partial charge in [0, 0.05) is 42.5 Å². The Bertz CT molecular complexity index is 1160. The summed E-state index contributed by atoms with van der Waals surface area (Å²) in [6, 6.07) is 8.27. The number of pyridine rings is 2. The Morgan fingerprint density at radius 2 is 1.79 bits per heavy atom. The number of fused-ring (bicyclic) bond motifs is 1. The van der Waals surface area contributed by atoms with Crippen LogP contribution < -0.4 is 14.4 Å². The minimum Gasteiger partial charge on any atom is -0.493 e. The number of anilines is 1. The molecule has 3 aromatic rings. The fourth-order valence-electron chi connectivity index (χ4n) is 4.87. The standard InChI is InChI=1S/C27H33N3O3/c1-17-13-18(16-29-26(17)30-11-8-19(9-12-30)27(2,3)31)21-7-10-28-23-15-24(32-4)25(14-22(21)23)33-20-5-6-20/h7,10,13-16,19-20,31H,5-6,8-9,11-12H2,1-4H3. The zero-order chi connectivity index (χ0) is 23.2. The summed E-state index contributed by atoms with van der Waals surface area (Å²) in [6.45, 7) is 7.80. The molecule has 0 amide bonds. The predicted molar refractivity (Wildman–Crippen MR) is 131 cm³/mol. The Hall–Kier alpha value is -2.86. The lowest BCUT2D eigenvalue weighted by Crippen LogP contribution is -2.42. The number of piperidine rings is 1. The highest BCUT2D eigenvalue weighted by Gasteiger charge is 2.31. The maximum Gasteiger partial charge on any atom is 0.162 e. The van der Waals surface area contributed by atoms with Gasteiger partial charge >= 0.3 is 0 Å². The van der Waals surface area contributed by atoms with Crippen molar-refractivity contribution >= 4 is 16.7 Å². The number of aromatic nitrogens is 2. The summed E-state index contributed by atoms with van der Waals surface area (Å²) in [6.07, 6.45) is 8.24. The zero-order valence-corrected chi connectivity index (χ0v) is 20.0. The minimum atomic E-state index is -0.619. The number of rotatable bonds is 6. The van der Waals surface area contributed by atoms with Crippen LogP contribution in [0.5, 0.6) is 11.5 Å². The first-order chi connectivity index (χ1) is 15.8. The van der Waals surface area contributed by atoms with E-state index in [1.54, 1.807) is 7.11 Å². The van der Waals surface area contributed by atoms with Gasteiger partial charge in [-0.1, -0.05) is 0 Å². The van der Waals surface area contributed by atoms with Crippen LogP contribution in [0.15, 0.2) is 36.7 Å². The second-order valence-corrected chi connectivity index (χ2v) is 9.98. The largest absolute Gasteiger partial charge is 0.493 e. The number of hydrogen-bond donors (Lipinski definition) is 1. The highest BCUT2D eigenvalue weighted by Crippen LogP contribution is 2.39. The molecule has 2 aromatic heterocycles. The molecule has 0 atom stereocenters. The zero-order valence-electron chi connectivity index (χ0n) is 20.0. The van der Waals surface area contributed by atoms with Gasteiger partial charge in [0.15, 0.2) is 11.5 Å². The minimum absolute atomic E-state index is 0.292. The molecule has 1 aliphatic carbocycles. The number of aryl methyl sites for hydroxylation is 1. The third-order valence-electron chi connectivity index (χ3n) is 7.00. The monoisotopic (exact) mass is 447 g/mol. The van der Waals surface area contributed by atoms with Crippen LogP contribution in [0.25, 0.3) is 22.0 Å². The quantitative estimate of drug-likeness (QED) is 0.564. The van der Waals surface area contributed by atoms with Crippen LogP contribution in [0.1, 0.15) is 45.1 Å². The van der Waals surface area contributed by atoms with E-state index in [1.807, 2.05) is 38.4 Å². The van der Waals surface area contributed by atoms with Gasteiger partial charge in [-0.15, -0.1) is 0 Å². The number of benzene rings is 1. The molecule has 1 aromatic carbocycles. The van der Waals surface area contributed by atoms with Crippen molar-refractivity contribution in [1.29, 1.82) is 0 Å². The molecule has 1 saturated heterocycles. The van der Waals surface area contributed by atoms with Gasteiger partial charge in [-0.05, 0) is 81.7 Å². The topological polar surface area (TPSA) is 67.7 Å². The van der Waals surface area contributed by atoms with Gasteiger partial charge in [0.25, 0.3) is 0 Å². The molecule has 174 valence electrons. The van der Waals surface area contributed by atoms with Crippen LogP contribution in [-0.2, 0) is 0 Å². The molecule has 2 aliphatic rings. The normalized spacial score (nSPS) is 17.4. The van der Waals surface area contributed by atoms with Gasteiger partial charge in [-0.25, -0.2) is 4.98 Å². The Balaban J connectivity index is 1.45. The summed E-state index contributed by atoms with van der Waals surface area (Å²) in [5.41, 5.74) is 3.57. The summed E-state index contributed by atoms with van der Waals surface area (Å²) >= 11 is 0. The average Bonchev–Trinajstić information content (AvgIpc) is 3.62. The van der Waals surface area contributed by atoms with Gasteiger partial charge < -0.3 is 19.5 Å². The fraction of sp³-hybridized carbons (Fsp3) is 0.481. The molecule has 0 spiro atoms. The molecule has 3 heterocycles. The third kappa shape index (κ3) is 4.49. The Kier molecular flexibility index (Phi) is 5.65. The first kappa shape index (κ1) is 22.0. The molecular formula is C27H33N3O3. The highest BCUT2D eigenvalue weighted by atomic mass is 16.5. The van der Waals surface area contributed by atoms with Crippen molar-refractivity contribution in [2.24, 2.45) is 5.92 Å². The van der Waals surface area contributed by atoms with E-state index in [-0.39, 0.29) is 0 Å². The molecule has 2 fully saturated rings. The maximum absolute atomic E-state index is 10.4. The van der Waals surface area contributed by atoms with Crippen LogP contribution in [0.2, 0.25) is 0 Å². The second-order valence-electron chi connectivity index (χ2n) is 9.98. The van der Waals surface area contributed by atoms with Crippen molar-refractivity contribution < 1.29 is 14.6 Å². The van der Waals surface area contributed by atoms with E-state index in [1.165, 1.54) is 0 Å². The Labute approximate surface area is 195 Å². The van der Waals surface area contributed by atoms with E-state index in [0.29, 0.717) is 12.0 Å². The van der Waals surface area contributed by atoms with Gasteiger partial charge in [-0.2, -0.15) is 0 Å². The van der Waals surface area contributed by atoms with E-state index in [0.717, 1.165) is 83.7 Å². The lowest BCUT2D eigenvalue weighted by Gasteiger charge is -2.38. The first-order valence-corrected chi connectivity index (χ1v) is 11.9.